The van der Waals surface area contributed by atoms with Gasteiger partial charge in [-0.1, -0.05) is 38.1 Å². The molecule has 1 aliphatic rings. The number of H-pyrrole nitrogens is 1. The van der Waals surface area contributed by atoms with Gasteiger partial charge >= 0.3 is 0 Å². The quantitative estimate of drug-likeness (QED) is 0.915. The van der Waals surface area contributed by atoms with Gasteiger partial charge in [0.2, 0.25) is 0 Å². The van der Waals surface area contributed by atoms with Gasteiger partial charge in [0.1, 0.15) is 10.3 Å². The van der Waals surface area contributed by atoms with Crippen LogP contribution < -0.4 is 5.56 Å². The summed E-state index contributed by atoms with van der Waals surface area (Å²) in [5, 5.41) is 0. The summed E-state index contributed by atoms with van der Waals surface area (Å²) in [4.78, 5) is 19.5. The van der Waals surface area contributed by atoms with Crippen LogP contribution >= 0.6 is 15.9 Å². The smallest absolute Gasteiger partial charge is 0.265 e. The van der Waals surface area contributed by atoms with Crippen molar-refractivity contribution < 1.29 is 0 Å². The van der Waals surface area contributed by atoms with Gasteiger partial charge in [0.15, 0.2) is 0 Å². The van der Waals surface area contributed by atoms with E-state index in [1.54, 1.807) is 0 Å². The number of halogens is 1. The van der Waals surface area contributed by atoms with E-state index in [-0.39, 0.29) is 5.56 Å². The molecule has 0 saturated heterocycles. The van der Waals surface area contributed by atoms with Crippen molar-refractivity contribution in [2.45, 2.75) is 38.5 Å². The highest BCUT2D eigenvalue weighted by atomic mass is 79.9. The van der Waals surface area contributed by atoms with Gasteiger partial charge in [0.25, 0.3) is 5.56 Å². The second kappa shape index (κ2) is 5.17. The Morgan fingerprint density at radius 3 is 2.45 bits per heavy atom. The van der Waals surface area contributed by atoms with Crippen LogP contribution in [0, 0.1) is 0 Å². The highest BCUT2D eigenvalue weighted by Crippen LogP contribution is 2.41. The van der Waals surface area contributed by atoms with E-state index in [0.29, 0.717) is 22.1 Å². The van der Waals surface area contributed by atoms with Gasteiger partial charge in [-0.05, 0) is 40.3 Å². The molecule has 104 valence electrons. The number of aromatic nitrogens is 2. The van der Waals surface area contributed by atoms with Crippen molar-refractivity contribution in [1.29, 1.82) is 0 Å². The molecule has 0 aliphatic heterocycles. The Bertz CT molecular complexity index is 685. The molecule has 3 rings (SSSR count). The Kier molecular flexibility index (Phi) is 3.50. The minimum absolute atomic E-state index is 0.0927. The normalized spacial score (nSPS) is 14.8. The van der Waals surface area contributed by atoms with Crippen LogP contribution in [0.1, 0.15) is 49.8 Å². The molecule has 4 heteroatoms. The van der Waals surface area contributed by atoms with Crippen LogP contribution in [0.5, 0.6) is 0 Å². The van der Waals surface area contributed by atoms with Crippen molar-refractivity contribution in [3.05, 3.63) is 50.3 Å². The summed E-state index contributed by atoms with van der Waals surface area (Å²) in [6.07, 6.45) is 2.25. The largest absolute Gasteiger partial charge is 0.306 e. The van der Waals surface area contributed by atoms with E-state index in [0.717, 1.165) is 24.1 Å². The molecule has 20 heavy (non-hydrogen) atoms. The monoisotopic (exact) mass is 332 g/mol. The van der Waals surface area contributed by atoms with Crippen molar-refractivity contribution in [3.63, 3.8) is 0 Å². The first-order valence-corrected chi connectivity index (χ1v) is 7.75. The third kappa shape index (κ3) is 2.57. The van der Waals surface area contributed by atoms with Crippen LogP contribution in [-0.2, 0) is 0 Å². The minimum atomic E-state index is -0.0927. The van der Waals surface area contributed by atoms with Crippen LogP contribution in [0.25, 0.3) is 11.4 Å². The molecular formula is C16H17BrN2O. The van der Waals surface area contributed by atoms with E-state index in [1.807, 2.05) is 12.1 Å². The molecule has 2 aromatic rings. The fourth-order valence-corrected chi connectivity index (χ4v) is 2.78. The molecule has 1 fully saturated rings. The lowest BCUT2D eigenvalue weighted by molar-refractivity contribution is 0.866. The molecule has 0 atom stereocenters. The van der Waals surface area contributed by atoms with Gasteiger partial charge in [0.05, 0.1) is 5.69 Å². The first kappa shape index (κ1) is 13.6. The zero-order valence-corrected chi connectivity index (χ0v) is 13.2. The zero-order chi connectivity index (χ0) is 14.3. The van der Waals surface area contributed by atoms with E-state index in [9.17, 15) is 4.79 Å². The van der Waals surface area contributed by atoms with Gasteiger partial charge in [-0.15, -0.1) is 0 Å². The maximum Gasteiger partial charge on any atom is 0.265 e. The van der Waals surface area contributed by atoms with Crippen molar-refractivity contribution in [1.82, 2.24) is 9.97 Å². The first-order chi connectivity index (χ1) is 9.56. The lowest BCUT2D eigenvalue weighted by Crippen LogP contribution is -2.13. The minimum Gasteiger partial charge on any atom is -0.306 e. The molecule has 0 bridgehead atoms. The molecule has 1 aromatic heterocycles. The van der Waals surface area contributed by atoms with Crippen LogP contribution in [0.15, 0.2) is 33.5 Å². The SMILES string of the molecule is CC(C)c1ccc(-c2nc(C3CC3)c(Br)c(=O)[nH]2)cc1. The van der Waals surface area contributed by atoms with Gasteiger partial charge in [-0.2, -0.15) is 0 Å². The van der Waals surface area contributed by atoms with E-state index >= 15 is 0 Å². The summed E-state index contributed by atoms with van der Waals surface area (Å²) < 4.78 is 0.586. The second-order valence-electron chi connectivity index (χ2n) is 5.66. The lowest BCUT2D eigenvalue weighted by Gasteiger charge is -2.08. The van der Waals surface area contributed by atoms with Gasteiger partial charge < -0.3 is 4.98 Å². The molecule has 1 aliphatic carbocycles. The number of nitrogens with zero attached hydrogens (tertiary/aromatic N) is 1. The summed E-state index contributed by atoms with van der Waals surface area (Å²) in [5.74, 6) is 1.61. The standard InChI is InChI=1S/C16H17BrN2O/c1-9(2)10-3-7-12(8-4-10)15-18-14(11-5-6-11)13(17)16(20)19-15/h3-4,7-9,11H,5-6H2,1-2H3,(H,18,19,20). The van der Waals surface area contributed by atoms with Crippen molar-refractivity contribution in [3.8, 4) is 11.4 Å². The Morgan fingerprint density at radius 1 is 1.25 bits per heavy atom. The van der Waals surface area contributed by atoms with Crippen LogP contribution in [-0.4, -0.2) is 9.97 Å². The third-order valence-corrected chi connectivity index (χ3v) is 4.47. The number of nitrogens with one attached hydrogen (secondary N) is 1. The molecule has 0 spiro atoms. The summed E-state index contributed by atoms with van der Waals surface area (Å²) in [5.41, 5.74) is 3.05. The summed E-state index contributed by atoms with van der Waals surface area (Å²) in [6, 6.07) is 8.24. The van der Waals surface area contributed by atoms with Crippen LogP contribution in [0.2, 0.25) is 0 Å². The van der Waals surface area contributed by atoms with Crippen LogP contribution in [0.4, 0.5) is 0 Å². The molecule has 0 unspecified atom stereocenters. The van der Waals surface area contributed by atoms with E-state index in [2.05, 4.69) is 51.9 Å². The number of hydrogen-bond donors (Lipinski definition) is 1. The summed E-state index contributed by atoms with van der Waals surface area (Å²) in [7, 11) is 0. The van der Waals surface area contributed by atoms with Gasteiger partial charge in [-0.3, -0.25) is 4.79 Å². The molecule has 1 saturated carbocycles. The van der Waals surface area contributed by atoms with E-state index < -0.39 is 0 Å². The van der Waals surface area contributed by atoms with Crippen molar-refractivity contribution in [2.75, 3.05) is 0 Å². The average Bonchev–Trinajstić information content (AvgIpc) is 3.26. The molecule has 3 nitrogen and oxygen atoms in total. The fraction of sp³-hybridized carbons (Fsp3) is 0.375. The average molecular weight is 333 g/mol. The van der Waals surface area contributed by atoms with Crippen LogP contribution in [0.3, 0.4) is 0 Å². The first-order valence-electron chi connectivity index (χ1n) is 6.96. The number of aromatic amines is 1. The van der Waals surface area contributed by atoms with Gasteiger partial charge in [0, 0.05) is 11.5 Å². The Morgan fingerprint density at radius 2 is 1.90 bits per heavy atom. The fourth-order valence-electron chi connectivity index (χ4n) is 2.27. The third-order valence-electron chi connectivity index (χ3n) is 3.70. The topological polar surface area (TPSA) is 45.8 Å². The Labute approximate surface area is 126 Å². The number of hydrogen-bond acceptors (Lipinski definition) is 2. The second-order valence-corrected chi connectivity index (χ2v) is 6.46. The molecule has 1 aromatic carbocycles. The maximum atomic E-state index is 12.0. The maximum absolute atomic E-state index is 12.0. The van der Waals surface area contributed by atoms with Crippen molar-refractivity contribution >= 4 is 15.9 Å². The lowest BCUT2D eigenvalue weighted by atomic mass is 10.0. The number of rotatable bonds is 3. The van der Waals surface area contributed by atoms with E-state index in [1.165, 1.54) is 5.56 Å². The Balaban J connectivity index is 2.03. The molecule has 1 heterocycles. The molecule has 0 radical (unpaired) electrons. The van der Waals surface area contributed by atoms with Gasteiger partial charge in [-0.25, -0.2) is 4.98 Å². The highest BCUT2D eigenvalue weighted by Gasteiger charge is 2.29. The molecular weight excluding hydrogens is 316 g/mol. The predicted octanol–water partition coefficient (Wildman–Crippen LogP) is 4.20. The van der Waals surface area contributed by atoms with Crippen molar-refractivity contribution in [2.24, 2.45) is 0 Å². The summed E-state index contributed by atoms with van der Waals surface area (Å²) in [6.45, 7) is 4.33. The molecule has 1 N–H and O–H groups in total. The predicted molar refractivity (Wildman–Crippen MR) is 84.1 cm³/mol. The Hall–Kier alpha value is -1.42. The number of benzene rings is 1. The molecule has 0 amide bonds. The zero-order valence-electron chi connectivity index (χ0n) is 11.6. The highest BCUT2D eigenvalue weighted by molar-refractivity contribution is 9.10. The summed E-state index contributed by atoms with van der Waals surface area (Å²) >= 11 is 3.35. The van der Waals surface area contributed by atoms with E-state index in [4.69, 9.17) is 0 Å².